The van der Waals surface area contributed by atoms with Crippen molar-refractivity contribution >= 4 is 10.0 Å². The lowest BCUT2D eigenvalue weighted by Crippen LogP contribution is -2.32. The summed E-state index contributed by atoms with van der Waals surface area (Å²) in [6, 6.07) is 0. The standard InChI is InChI=1S/C14H26N4O2S/c1-3-8-15-9-13-10-16-17-14(13)21(19,20)18(2)11-12-6-4-5-7-12/h10,12,15H,3-9,11H2,1-2H3,(H,16,17). The number of H-pyrrole nitrogens is 1. The Morgan fingerprint density at radius 2 is 2.14 bits per heavy atom. The minimum atomic E-state index is -3.48. The highest BCUT2D eigenvalue weighted by molar-refractivity contribution is 7.89. The van der Waals surface area contributed by atoms with Crippen molar-refractivity contribution in [2.45, 2.75) is 50.6 Å². The van der Waals surface area contributed by atoms with Crippen LogP contribution in [0.2, 0.25) is 0 Å². The molecule has 0 aliphatic heterocycles. The van der Waals surface area contributed by atoms with Gasteiger partial charge in [0.1, 0.15) is 0 Å². The lowest BCUT2D eigenvalue weighted by atomic mass is 10.1. The van der Waals surface area contributed by atoms with Gasteiger partial charge in [-0.25, -0.2) is 8.42 Å². The van der Waals surface area contributed by atoms with Crippen molar-refractivity contribution in [1.82, 2.24) is 19.8 Å². The predicted molar refractivity (Wildman–Crippen MR) is 82.4 cm³/mol. The zero-order valence-corrected chi connectivity index (χ0v) is 13.7. The molecule has 2 rings (SSSR count). The summed E-state index contributed by atoms with van der Waals surface area (Å²) in [7, 11) is -1.81. The molecule has 1 saturated carbocycles. The molecular formula is C14H26N4O2S. The Labute approximate surface area is 127 Å². The highest BCUT2D eigenvalue weighted by Crippen LogP contribution is 2.27. The third-order valence-corrected chi connectivity index (χ3v) is 5.92. The Hall–Kier alpha value is -0.920. The average Bonchev–Trinajstić information content (AvgIpc) is 3.10. The number of aromatic nitrogens is 2. The summed E-state index contributed by atoms with van der Waals surface area (Å²) in [5.74, 6) is 0.495. The number of aromatic amines is 1. The van der Waals surface area contributed by atoms with E-state index in [0.29, 0.717) is 24.6 Å². The van der Waals surface area contributed by atoms with Gasteiger partial charge in [0.05, 0.1) is 6.20 Å². The number of rotatable bonds is 8. The normalized spacial score (nSPS) is 16.9. The maximum absolute atomic E-state index is 12.7. The van der Waals surface area contributed by atoms with Gasteiger partial charge in [0.2, 0.25) is 0 Å². The molecule has 0 unspecified atom stereocenters. The van der Waals surface area contributed by atoms with Crippen LogP contribution in [0.3, 0.4) is 0 Å². The smallest absolute Gasteiger partial charge is 0.260 e. The van der Waals surface area contributed by atoms with Crippen LogP contribution in [0.25, 0.3) is 0 Å². The maximum Gasteiger partial charge on any atom is 0.260 e. The second kappa shape index (κ2) is 7.38. The van der Waals surface area contributed by atoms with Gasteiger partial charge in [-0.05, 0) is 31.7 Å². The van der Waals surface area contributed by atoms with Crippen molar-refractivity contribution in [3.8, 4) is 0 Å². The first-order valence-corrected chi connectivity index (χ1v) is 9.19. The fourth-order valence-electron chi connectivity index (χ4n) is 2.86. The van der Waals surface area contributed by atoms with Gasteiger partial charge in [-0.15, -0.1) is 0 Å². The zero-order chi connectivity index (χ0) is 15.3. The molecule has 1 aromatic heterocycles. The van der Waals surface area contributed by atoms with Gasteiger partial charge in [0, 0.05) is 25.7 Å². The van der Waals surface area contributed by atoms with Crippen molar-refractivity contribution in [2.75, 3.05) is 20.1 Å². The van der Waals surface area contributed by atoms with Gasteiger partial charge in [0.15, 0.2) is 5.03 Å². The van der Waals surface area contributed by atoms with Crippen molar-refractivity contribution < 1.29 is 8.42 Å². The fraction of sp³-hybridized carbons (Fsp3) is 0.786. The van der Waals surface area contributed by atoms with Crippen LogP contribution in [0.1, 0.15) is 44.6 Å². The molecule has 1 aromatic rings. The molecule has 6 nitrogen and oxygen atoms in total. The van der Waals surface area contributed by atoms with Crippen molar-refractivity contribution in [2.24, 2.45) is 5.92 Å². The SMILES string of the molecule is CCCNCc1cn[nH]c1S(=O)(=O)N(C)CC1CCCC1. The highest BCUT2D eigenvalue weighted by Gasteiger charge is 2.28. The second-order valence-corrected chi connectivity index (χ2v) is 7.82. The first kappa shape index (κ1) is 16.5. The van der Waals surface area contributed by atoms with Gasteiger partial charge in [0.25, 0.3) is 10.0 Å². The molecule has 7 heteroatoms. The van der Waals surface area contributed by atoms with Crippen molar-refractivity contribution in [3.05, 3.63) is 11.8 Å². The molecule has 0 atom stereocenters. The molecule has 0 radical (unpaired) electrons. The molecule has 1 fully saturated rings. The molecule has 0 amide bonds. The topological polar surface area (TPSA) is 78.1 Å². The number of hydrogen-bond donors (Lipinski definition) is 2. The van der Waals surface area contributed by atoms with E-state index >= 15 is 0 Å². The largest absolute Gasteiger partial charge is 0.313 e. The Morgan fingerprint density at radius 3 is 2.81 bits per heavy atom. The Morgan fingerprint density at radius 1 is 1.43 bits per heavy atom. The molecule has 1 aliphatic carbocycles. The van der Waals surface area contributed by atoms with E-state index in [1.807, 2.05) is 0 Å². The van der Waals surface area contributed by atoms with Crippen LogP contribution in [-0.4, -0.2) is 43.1 Å². The molecule has 0 bridgehead atoms. The molecule has 120 valence electrons. The molecular weight excluding hydrogens is 288 g/mol. The van der Waals surface area contributed by atoms with Crippen LogP contribution in [0.15, 0.2) is 11.2 Å². The quantitative estimate of drug-likeness (QED) is 0.716. The number of sulfonamides is 1. The highest BCUT2D eigenvalue weighted by atomic mass is 32.2. The Balaban J connectivity index is 2.05. The number of nitrogens with zero attached hydrogens (tertiary/aromatic N) is 2. The maximum atomic E-state index is 12.7. The Kier molecular flexibility index (Phi) is 5.78. The van der Waals surface area contributed by atoms with Crippen molar-refractivity contribution in [1.29, 1.82) is 0 Å². The van der Waals surface area contributed by atoms with Crippen LogP contribution in [0.4, 0.5) is 0 Å². The molecule has 0 spiro atoms. The van der Waals surface area contributed by atoms with E-state index in [-0.39, 0.29) is 5.03 Å². The molecule has 2 N–H and O–H groups in total. The lowest BCUT2D eigenvalue weighted by molar-refractivity contribution is 0.385. The molecule has 21 heavy (non-hydrogen) atoms. The van der Waals surface area contributed by atoms with Crippen LogP contribution in [-0.2, 0) is 16.6 Å². The van der Waals surface area contributed by atoms with Crippen LogP contribution in [0, 0.1) is 5.92 Å². The average molecular weight is 314 g/mol. The van der Waals surface area contributed by atoms with Gasteiger partial charge < -0.3 is 5.32 Å². The first-order chi connectivity index (χ1) is 10.1. The summed E-state index contributed by atoms with van der Waals surface area (Å²) in [4.78, 5) is 0. The van der Waals surface area contributed by atoms with Gasteiger partial charge in [-0.2, -0.15) is 9.40 Å². The summed E-state index contributed by atoms with van der Waals surface area (Å²) < 4.78 is 26.8. The van der Waals surface area contributed by atoms with E-state index < -0.39 is 10.0 Å². The zero-order valence-electron chi connectivity index (χ0n) is 12.9. The van der Waals surface area contributed by atoms with E-state index in [0.717, 1.165) is 25.8 Å². The van der Waals surface area contributed by atoms with E-state index in [1.165, 1.54) is 17.1 Å². The number of nitrogens with one attached hydrogen (secondary N) is 2. The summed E-state index contributed by atoms with van der Waals surface area (Å²) in [6.45, 7) is 4.07. The fourth-order valence-corrected chi connectivity index (χ4v) is 4.20. The first-order valence-electron chi connectivity index (χ1n) is 7.75. The minimum absolute atomic E-state index is 0.228. The summed E-state index contributed by atoms with van der Waals surface area (Å²) in [5, 5.41) is 10.0. The monoisotopic (exact) mass is 314 g/mol. The van der Waals surface area contributed by atoms with Gasteiger partial charge in [-0.3, -0.25) is 5.10 Å². The second-order valence-electron chi connectivity index (χ2n) is 5.84. The molecule has 1 heterocycles. The van der Waals surface area contributed by atoms with Crippen LogP contribution >= 0.6 is 0 Å². The summed E-state index contributed by atoms with van der Waals surface area (Å²) in [5.41, 5.74) is 0.710. The summed E-state index contributed by atoms with van der Waals surface area (Å²) >= 11 is 0. The van der Waals surface area contributed by atoms with Crippen LogP contribution < -0.4 is 5.32 Å². The van der Waals surface area contributed by atoms with E-state index in [2.05, 4.69) is 22.4 Å². The predicted octanol–water partition coefficient (Wildman–Crippen LogP) is 1.72. The van der Waals surface area contributed by atoms with E-state index in [4.69, 9.17) is 0 Å². The van der Waals surface area contributed by atoms with Gasteiger partial charge in [-0.1, -0.05) is 19.8 Å². The molecule has 0 aromatic carbocycles. The minimum Gasteiger partial charge on any atom is -0.313 e. The van der Waals surface area contributed by atoms with Crippen molar-refractivity contribution in [3.63, 3.8) is 0 Å². The van der Waals surface area contributed by atoms with E-state index in [1.54, 1.807) is 13.2 Å². The molecule has 0 saturated heterocycles. The summed E-state index contributed by atoms with van der Waals surface area (Å²) in [6.07, 6.45) is 7.31. The number of hydrogen-bond acceptors (Lipinski definition) is 4. The van der Waals surface area contributed by atoms with E-state index in [9.17, 15) is 8.42 Å². The third-order valence-electron chi connectivity index (χ3n) is 4.08. The van der Waals surface area contributed by atoms with Gasteiger partial charge >= 0.3 is 0 Å². The Bertz CT molecular complexity index is 535. The third kappa shape index (κ3) is 4.05. The molecule has 1 aliphatic rings. The lowest BCUT2D eigenvalue weighted by Gasteiger charge is -2.20. The van der Waals surface area contributed by atoms with Crippen LogP contribution in [0.5, 0.6) is 0 Å².